The van der Waals surface area contributed by atoms with Crippen molar-refractivity contribution in [2.24, 2.45) is 5.41 Å². The van der Waals surface area contributed by atoms with Crippen LogP contribution >= 0.6 is 11.6 Å². The number of hydrogen-bond donors (Lipinski definition) is 1. The van der Waals surface area contributed by atoms with E-state index >= 15 is 0 Å². The normalized spacial score (nSPS) is 14.4. The topological polar surface area (TPSA) is 66.1 Å². The third kappa shape index (κ3) is 3.08. The summed E-state index contributed by atoms with van der Waals surface area (Å²) in [5.74, 6) is 0.784. The van der Waals surface area contributed by atoms with Crippen molar-refractivity contribution in [2.75, 3.05) is 12.4 Å². The van der Waals surface area contributed by atoms with Crippen molar-refractivity contribution in [2.45, 2.75) is 26.8 Å². The number of nitrogens with zero attached hydrogens (tertiary/aromatic N) is 2. The van der Waals surface area contributed by atoms with Gasteiger partial charge in [0.2, 0.25) is 5.91 Å². The molecule has 2 heterocycles. The van der Waals surface area contributed by atoms with E-state index in [2.05, 4.69) is 9.97 Å². The van der Waals surface area contributed by atoms with Gasteiger partial charge in [-0.2, -0.15) is 0 Å². The highest BCUT2D eigenvalue weighted by Crippen LogP contribution is 2.25. The van der Waals surface area contributed by atoms with Gasteiger partial charge < -0.3 is 9.88 Å². The summed E-state index contributed by atoms with van der Waals surface area (Å²) in [5, 5.41) is 0. The molecule has 2 aromatic rings. The summed E-state index contributed by atoms with van der Waals surface area (Å²) in [6.07, 6.45) is 0.573. The number of aromatic nitrogens is 2. The van der Waals surface area contributed by atoms with Crippen LogP contribution in [0.1, 0.15) is 25.1 Å². The van der Waals surface area contributed by atoms with Gasteiger partial charge in [0.25, 0.3) is 5.56 Å². The lowest BCUT2D eigenvalue weighted by Gasteiger charge is -2.33. The number of H-pyrrole nitrogens is 1. The van der Waals surface area contributed by atoms with Gasteiger partial charge in [0.1, 0.15) is 5.82 Å². The van der Waals surface area contributed by atoms with E-state index in [4.69, 9.17) is 11.6 Å². The maximum Gasteiger partial charge on any atom is 0.256 e. The number of halogens is 1. The molecule has 0 bridgehead atoms. The zero-order chi connectivity index (χ0) is 17.3. The van der Waals surface area contributed by atoms with E-state index in [1.54, 1.807) is 4.90 Å². The SMILES string of the molecule is CC(C)(CCl)C(=O)N1CCc2nc(-c3ccccc3)[nH]c(=O)c2C1. The molecule has 3 rings (SSSR count). The molecule has 1 aromatic heterocycles. The predicted molar refractivity (Wildman–Crippen MR) is 93.9 cm³/mol. The van der Waals surface area contributed by atoms with Crippen LogP contribution in [0, 0.1) is 5.41 Å². The highest BCUT2D eigenvalue weighted by atomic mass is 35.5. The Morgan fingerprint density at radius 3 is 2.71 bits per heavy atom. The summed E-state index contributed by atoms with van der Waals surface area (Å²) in [7, 11) is 0. The zero-order valence-corrected chi connectivity index (χ0v) is 14.6. The molecule has 126 valence electrons. The fraction of sp³-hybridized carbons (Fsp3) is 0.389. The van der Waals surface area contributed by atoms with E-state index in [0.29, 0.717) is 24.4 Å². The molecule has 0 aliphatic carbocycles. The molecule has 1 amide bonds. The standard InChI is InChI=1S/C18H20ClN3O2/c1-18(2,11-19)17(24)22-9-8-14-13(10-22)16(23)21-15(20-14)12-6-4-3-5-7-12/h3-7H,8-11H2,1-2H3,(H,20,21,23). The Kier molecular flexibility index (Phi) is 4.45. The summed E-state index contributed by atoms with van der Waals surface area (Å²) in [5.41, 5.74) is 1.40. The lowest BCUT2D eigenvalue weighted by atomic mass is 9.93. The van der Waals surface area contributed by atoms with Crippen molar-refractivity contribution < 1.29 is 4.79 Å². The molecule has 0 unspecified atom stereocenters. The van der Waals surface area contributed by atoms with Crippen molar-refractivity contribution in [1.29, 1.82) is 0 Å². The monoisotopic (exact) mass is 345 g/mol. The Bertz CT molecular complexity index is 815. The molecule has 0 atom stereocenters. The van der Waals surface area contributed by atoms with Gasteiger partial charge in [-0.1, -0.05) is 30.3 Å². The van der Waals surface area contributed by atoms with Crippen LogP contribution in [0.5, 0.6) is 0 Å². The van der Waals surface area contributed by atoms with E-state index in [-0.39, 0.29) is 23.9 Å². The van der Waals surface area contributed by atoms with Gasteiger partial charge in [-0.05, 0) is 13.8 Å². The average molecular weight is 346 g/mol. The van der Waals surface area contributed by atoms with Crippen molar-refractivity contribution in [3.05, 3.63) is 51.9 Å². The van der Waals surface area contributed by atoms with Crippen LogP contribution in [-0.2, 0) is 17.8 Å². The Balaban J connectivity index is 1.91. The summed E-state index contributed by atoms with van der Waals surface area (Å²) >= 11 is 5.90. The highest BCUT2D eigenvalue weighted by molar-refractivity contribution is 6.19. The minimum atomic E-state index is -0.636. The summed E-state index contributed by atoms with van der Waals surface area (Å²) < 4.78 is 0. The lowest BCUT2D eigenvalue weighted by Crippen LogP contribution is -2.46. The first-order valence-electron chi connectivity index (χ1n) is 7.95. The summed E-state index contributed by atoms with van der Waals surface area (Å²) in [6.45, 7) is 4.47. The van der Waals surface area contributed by atoms with Crippen LogP contribution in [0.4, 0.5) is 0 Å². The van der Waals surface area contributed by atoms with E-state index < -0.39 is 5.41 Å². The molecule has 1 aliphatic heterocycles. The first-order valence-corrected chi connectivity index (χ1v) is 8.48. The number of alkyl halides is 1. The quantitative estimate of drug-likeness (QED) is 0.869. The number of amides is 1. The molecule has 0 saturated carbocycles. The minimum absolute atomic E-state index is 0.0327. The van der Waals surface area contributed by atoms with Gasteiger partial charge in [-0.15, -0.1) is 11.6 Å². The number of rotatable bonds is 3. The minimum Gasteiger partial charge on any atom is -0.337 e. The van der Waals surface area contributed by atoms with Crippen LogP contribution in [0.3, 0.4) is 0 Å². The Morgan fingerprint density at radius 1 is 1.33 bits per heavy atom. The van der Waals surface area contributed by atoms with Crippen LogP contribution in [0.25, 0.3) is 11.4 Å². The number of carbonyl (C=O) groups is 1. The van der Waals surface area contributed by atoms with Crippen molar-refractivity contribution in [3.63, 3.8) is 0 Å². The predicted octanol–water partition coefficient (Wildman–Crippen LogP) is 2.59. The number of aromatic amines is 1. The molecular weight excluding hydrogens is 326 g/mol. The second-order valence-electron chi connectivity index (χ2n) is 6.70. The maximum absolute atomic E-state index is 12.6. The number of benzene rings is 1. The van der Waals surface area contributed by atoms with Crippen molar-refractivity contribution in [3.8, 4) is 11.4 Å². The summed E-state index contributed by atoms with van der Waals surface area (Å²) in [4.78, 5) is 34.2. The van der Waals surface area contributed by atoms with Gasteiger partial charge in [0, 0.05) is 24.4 Å². The van der Waals surface area contributed by atoms with Gasteiger partial charge in [-0.3, -0.25) is 9.59 Å². The van der Waals surface area contributed by atoms with Crippen LogP contribution < -0.4 is 5.56 Å². The molecule has 0 saturated heterocycles. The number of fused-ring (bicyclic) bond motifs is 1. The van der Waals surface area contributed by atoms with Gasteiger partial charge >= 0.3 is 0 Å². The third-order valence-electron chi connectivity index (χ3n) is 4.32. The molecule has 0 spiro atoms. The number of hydrogen-bond acceptors (Lipinski definition) is 3. The van der Waals surface area contributed by atoms with Crippen LogP contribution in [-0.4, -0.2) is 33.2 Å². The first kappa shape index (κ1) is 16.7. The molecule has 5 nitrogen and oxygen atoms in total. The van der Waals surface area contributed by atoms with E-state index in [1.165, 1.54) is 0 Å². The Morgan fingerprint density at radius 2 is 2.04 bits per heavy atom. The third-order valence-corrected chi connectivity index (χ3v) is 4.98. The van der Waals surface area contributed by atoms with Gasteiger partial charge in [0.05, 0.1) is 23.2 Å². The molecule has 6 heteroatoms. The molecular formula is C18H20ClN3O2. The largest absolute Gasteiger partial charge is 0.337 e. The second-order valence-corrected chi connectivity index (χ2v) is 6.97. The average Bonchev–Trinajstić information content (AvgIpc) is 2.61. The fourth-order valence-electron chi connectivity index (χ4n) is 2.82. The Labute approximate surface area is 145 Å². The fourth-order valence-corrected chi connectivity index (χ4v) is 2.93. The highest BCUT2D eigenvalue weighted by Gasteiger charge is 2.34. The van der Waals surface area contributed by atoms with Gasteiger partial charge in [0.15, 0.2) is 0 Å². The molecule has 1 aliphatic rings. The van der Waals surface area contributed by atoms with E-state index in [1.807, 2.05) is 44.2 Å². The first-order chi connectivity index (χ1) is 11.4. The van der Waals surface area contributed by atoms with E-state index in [0.717, 1.165) is 11.3 Å². The van der Waals surface area contributed by atoms with Gasteiger partial charge in [-0.25, -0.2) is 4.98 Å². The Hall–Kier alpha value is -2.14. The smallest absolute Gasteiger partial charge is 0.256 e. The van der Waals surface area contributed by atoms with Crippen LogP contribution in [0.15, 0.2) is 35.1 Å². The van der Waals surface area contributed by atoms with Crippen molar-refractivity contribution >= 4 is 17.5 Å². The molecule has 24 heavy (non-hydrogen) atoms. The maximum atomic E-state index is 12.6. The molecule has 1 aromatic carbocycles. The number of carbonyl (C=O) groups excluding carboxylic acids is 1. The molecule has 0 fully saturated rings. The lowest BCUT2D eigenvalue weighted by molar-refractivity contribution is -0.140. The molecule has 1 N–H and O–H groups in total. The van der Waals surface area contributed by atoms with Crippen molar-refractivity contribution in [1.82, 2.24) is 14.9 Å². The zero-order valence-electron chi connectivity index (χ0n) is 13.8. The number of nitrogens with one attached hydrogen (secondary N) is 1. The van der Waals surface area contributed by atoms with E-state index in [9.17, 15) is 9.59 Å². The second kappa shape index (κ2) is 6.40. The summed E-state index contributed by atoms with van der Waals surface area (Å²) in [6, 6.07) is 9.55. The molecule has 0 radical (unpaired) electrons. The van der Waals surface area contributed by atoms with Crippen LogP contribution in [0.2, 0.25) is 0 Å².